The Morgan fingerprint density at radius 1 is 1.50 bits per heavy atom. The quantitative estimate of drug-likeness (QED) is 0.807. The van der Waals surface area contributed by atoms with Gasteiger partial charge in [0.2, 0.25) is 11.8 Å². The van der Waals surface area contributed by atoms with Crippen molar-refractivity contribution in [1.82, 2.24) is 24.8 Å². The van der Waals surface area contributed by atoms with Crippen molar-refractivity contribution in [3.8, 4) is 5.88 Å². The summed E-state index contributed by atoms with van der Waals surface area (Å²) in [5, 5.41) is 2.81. The van der Waals surface area contributed by atoms with Crippen LogP contribution in [-0.2, 0) is 17.2 Å². The molecule has 2 aromatic heterocycles. The van der Waals surface area contributed by atoms with Gasteiger partial charge in [-0.1, -0.05) is 6.92 Å². The molecule has 0 aliphatic heterocycles. The maximum atomic E-state index is 11.9. The minimum Gasteiger partial charge on any atom is -0.479 e. The normalized spacial score (nSPS) is 10.8. The number of aromatic nitrogens is 4. The van der Waals surface area contributed by atoms with Crippen molar-refractivity contribution in [1.29, 1.82) is 0 Å². The number of ether oxygens (including phenoxy) is 1. The molecule has 0 bridgehead atoms. The number of halogens is 1. The van der Waals surface area contributed by atoms with Gasteiger partial charge in [0.1, 0.15) is 18.7 Å². The van der Waals surface area contributed by atoms with Gasteiger partial charge in [-0.15, -0.1) is 11.6 Å². The van der Waals surface area contributed by atoms with Crippen molar-refractivity contribution in [2.75, 3.05) is 13.7 Å². The molecule has 2 heterocycles. The molecule has 8 heteroatoms. The van der Waals surface area contributed by atoms with E-state index in [1.54, 1.807) is 4.57 Å². The molecule has 0 radical (unpaired) electrons. The molecule has 0 aliphatic carbocycles. The monoisotopic (exact) mass is 297 g/mol. The van der Waals surface area contributed by atoms with Crippen LogP contribution in [0.4, 0.5) is 0 Å². The topological polar surface area (TPSA) is 81.9 Å². The van der Waals surface area contributed by atoms with Gasteiger partial charge < -0.3 is 14.6 Å². The van der Waals surface area contributed by atoms with Crippen LogP contribution in [0.3, 0.4) is 0 Å². The van der Waals surface area contributed by atoms with E-state index in [0.29, 0.717) is 29.4 Å². The van der Waals surface area contributed by atoms with Crippen LogP contribution in [0.1, 0.15) is 19.2 Å². The fourth-order valence-electron chi connectivity index (χ4n) is 1.84. The summed E-state index contributed by atoms with van der Waals surface area (Å²) in [6.07, 6.45) is 2.26. The van der Waals surface area contributed by atoms with E-state index in [-0.39, 0.29) is 18.3 Å². The van der Waals surface area contributed by atoms with Gasteiger partial charge in [-0.2, -0.15) is 4.98 Å². The first-order valence-electron chi connectivity index (χ1n) is 6.28. The van der Waals surface area contributed by atoms with Gasteiger partial charge in [0, 0.05) is 6.54 Å². The molecule has 0 aliphatic rings. The standard InChI is InChI=1S/C12H16ClN5O2/c1-3-4-14-9(19)6-18-8(5-13)17-10-11(18)15-7-16-12(10)20-2/h7H,3-6H2,1-2H3,(H,14,19). The van der Waals surface area contributed by atoms with Crippen molar-refractivity contribution in [2.24, 2.45) is 0 Å². The van der Waals surface area contributed by atoms with Crippen LogP contribution >= 0.6 is 11.6 Å². The van der Waals surface area contributed by atoms with E-state index in [4.69, 9.17) is 16.3 Å². The highest BCUT2D eigenvalue weighted by Crippen LogP contribution is 2.22. The summed E-state index contributed by atoms with van der Waals surface area (Å²) in [5.74, 6) is 1.01. The number of nitrogens with zero attached hydrogens (tertiary/aromatic N) is 4. The number of hydrogen-bond donors (Lipinski definition) is 1. The Kier molecular flexibility index (Phi) is 4.73. The molecule has 20 heavy (non-hydrogen) atoms. The van der Waals surface area contributed by atoms with Crippen molar-refractivity contribution in [3.63, 3.8) is 0 Å². The van der Waals surface area contributed by atoms with Gasteiger partial charge in [-0.25, -0.2) is 9.97 Å². The lowest BCUT2D eigenvalue weighted by molar-refractivity contribution is -0.121. The minimum absolute atomic E-state index is 0.102. The average Bonchev–Trinajstić information content (AvgIpc) is 2.83. The van der Waals surface area contributed by atoms with Crippen LogP contribution in [0.15, 0.2) is 6.33 Å². The van der Waals surface area contributed by atoms with Crippen LogP contribution in [0.5, 0.6) is 5.88 Å². The lowest BCUT2D eigenvalue weighted by atomic mass is 10.4. The second-order valence-electron chi connectivity index (χ2n) is 4.15. The van der Waals surface area contributed by atoms with Crippen molar-refractivity contribution in [3.05, 3.63) is 12.2 Å². The van der Waals surface area contributed by atoms with Crippen molar-refractivity contribution >= 4 is 28.7 Å². The summed E-state index contributed by atoms with van der Waals surface area (Å²) in [6.45, 7) is 2.76. The first-order chi connectivity index (χ1) is 9.71. The molecule has 0 atom stereocenters. The average molecular weight is 298 g/mol. The Balaban J connectivity index is 2.38. The molecule has 0 fully saturated rings. The molecule has 1 amide bonds. The number of amides is 1. The van der Waals surface area contributed by atoms with Gasteiger partial charge in [-0.05, 0) is 6.42 Å². The maximum Gasteiger partial charge on any atom is 0.245 e. The molecule has 0 spiro atoms. The zero-order valence-electron chi connectivity index (χ0n) is 11.4. The number of fused-ring (bicyclic) bond motifs is 1. The summed E-state index contributed by atoms with van der Waals surface area (Å²) in [6, 6.07) is 0. The number of carbonyl (C=O) groups excluding carboxylic acids is 1. The summed E-state index contributed by atoms with van der Waals surface area (Å²) < 4.78 is 6.82. The van der Waals surface area contributed by atoms with Crippen LogP contribution in [0, 0.1) is 0 Å². The summed E-state index contributed by atoms with van der Waals surface area (Å²) in [7, 11) is 1.51. The van der Waals surface area contributed by atoms with E-state index >= 15 is 0 Å². The zero-order chi connectivity index (χ0) is 14.5. The molecule has 1 N–H and O–H groups in total. The maximum absolute atomic E-state index is 11.9. The fraction of sp³-hybridized carbons (Fsp3) is 0.500. The number of methoxy groups -OCH3 is 1. The van der Waals surface area contributed by atoms with E-state index in [0.717, 1.165) is 6.42 Å². The highest BCUT2D eigenvalue weighted by molar-refractivity contribution is 6.16. The van der Waals surface area contributed by atoms with E-state index < -0.39 is 0 Å². The Morgan fingerprint density at radius 2 is 2.30 bits per heavy atom. The predicted octanol–water partition coefficient (Wildman–Crippen LogP) is 1.10. The molecule has 0 unspecified atom stereocenters. The van der Waals surface area contributed by atoms with E-state index in [9.17, 15) is 4.79 Å². The summed E-state index contributed by atoms with van der Waals surface area (Å²) >= 11 is 5.88. The fourth-order valence-corrected chi connectivity index (χ4v) is 2.05. The van der Waals surface area contributed by atoms with E-state index in [1.165, 1.54) is 13.4 Å². The van der Waals surface area contributed by atoms with Crippen molar-refractivity contribution in [2.45, 2.75) is 25.8 Å². The number of rotatable bonds is 6. The first kappa shape index (κ1) is 14.5. The third-order valence-corrected chi connectivity index (χ3v) is 3.00. The minimum atomic E-state index is -0.102. The van der Waals surface area contributed by atoms with E-state index in [2.05, 4.69) is 20.3 Å². The molecule has 108 valence electrons. The smallest absolute Gasteiger partial charge is 0.245 e. The molecular formula is C12H16ClN5O2. The number of imidazole rings is 1. The molecular weight excluding hydrogens is 282 g/mol. The molecule has 0 saturated heterocycles. The highest BCUT2D eigenvalue weighted by atomic mass is 35.5. The number of hydrogen-bond acceptors (Lipinski definition) is 5. The second-order valence-corrected chi connectivity index (χ2v) is 4.42. The molecule has 2 aromatic rings. The van der Waals surface area contributed by atoms with Crippen LogP contribution in [-0.4, -0.2) is 39.1 Å². The number of alkyl halides is 1. The summed E-state index contributed by atoms with van der Waals surface area (Å²) in [4.78, 5) is 24.3. The van der Waals surface area contributed by atoms with E-state index in [1.807, 2.05) is 6.92 Å². The number of carbonyl (C=O) groups is 1. The Bertz CT molecular complexity index is 613. The SMILES string of the molecule is CCCNC(=O)Cn1c(CCl)nc2c(OC)ncnc21. The van der Waals surface area contributed by atoms with Gasteiger partial charge in [-0.3, -0.25) is 4.79 Å². The molecule has 0 aromatic carbocycles. The molecule has 0 saturated carbocycles. The third kappa shape index (κ3) is 2.82. The van der Waals surface area contributed by atoms with Gasteiger partial charge in [0.15, 0.2) is 11.2 Å². The van der Waals surface area contributed by atoms with Crippen LogP contribution in [0.2, 0.25) is 0 Å². The summed E-state index contributed by atoms with van der Waals surface area (Å²) in [5.41, 5.74) is 1.05. The lowest BCUT2D eigenvalue weighted by Gasteiger charge is -2.07. The number of nitrogens with one attached hydrogen (secondary N) is 1. The van der Waals surface area contributed by atoms with Crippen LogP contribution < -0.4 is 10.1 Å². The Hall–Kier alpha value is -1.89. The Labute approximate surface area is 121 Å². The van der Waals surface area contributed by atoms with Crippen LogP contribution in [0.25, 0.3) is 11.2 Å². The highest BCUT2D eigenvalue weighted by Gasteiger charge is 2.17. The first-order valence-corrected chi connectivity index (χ1v) is 6.81. The van der Waals surface area contributed by atoms with Gasteiger partial charge >= 0.3 is 0 Å². The van der Waals surface area contributed by atoms with Gasteiger partial charge in [0.25, 0.3) is 0 Å². The third-order valence-electron chi connectivity index (χ3n) is 2.76. The Morgan fingerprint density at radius 3 is 2.95 bits per heavy atom. The predicted molar refractivity (Wildman–Crippen MR) is 74.7 cm³/mol. The van der Waals surface area contributed by atoms with Gasteiger partial charge in [0.05, 0.1) is 13.0 Å². The zero-order valence-corrected chi connectivity index (χ0v) is 12.1. The molecule has 7 nitrogen and oxygen atoms in total. The van der Waals surface area contributed by atoms with Crippen molar-refractivity contribution < 1.29 is 9.53 Å². The molecule has 2 rings (SSSR count). The lowest BCUT2D eigenvalue weighted by Crippen LogP contribution is -2.28. The second kappa shape index (κ2) is 6.51. The largest absolute Gasteiger partial charge is 0.479 e.